The van der Waals surface area contributed by atoms with E-state index < -0.39 is 16.1 Å². The quantitative estimate of drug-likeness (QED) is 0.447. The van der Waals surface area contributed by atoms with Gasteiger partial charge in [-0.25, -0.2) is 8.42 Å². The molecule has 1 amide bonds. The molecule has 0 fully saturated rings. The zero-order valence-electron chi connectivity index (χ0n) is 19.0. The summed E-state index contributed by atoms with van der Waals surface area (Å²) in [6.45, 7) is -0.0979. The molecule has 1 heterocycles. The molecule has 0 saturated heterocycles. The molecule has 0 aromatic heterocycles. The lowest BCUT2D eigenvalue weighted by Gasteiger charge is -2.34. The minimum Gasteiger partial charge on any atom is -0.476 e. The SMILES string of the molecule is O=C(Nc1ccc2c3c(cccc13)CC2)[C@@H]1CN(S(=O)(=O)Cc2ccccc2)c2ccccc2O1. The Bertz CT molecular complexity index is 1540. The Labute approximate surface area is 204 Å². The van der Waals surface area contributed by atoms with Crippen molar-refractivity contribution in [3.63, 3.8) is 0 Å². The highest BCUT2D eigenvalue weighted by Crippen LogP contribution is 2.37. The number of sulfonamides is 1. The van der Waals surface area contributed by atoms with Gasteiger partial charge in [0.15, 0.2) is 6.10 Å². The van der Waals surface area contributed by atoms with Gasteiger partial charge in [0.05, 0.1) is 18.0 Å². The summed E-state index contributed by atoms with van der Waals surface area (Å²) < 4.78 is 34.2. The van der Waals surface area contributed by atoms with Gasteiger partial charge in [-0.15, -0.1) is 0 Å². The largest absolute Gasteiger partial charge is 0.476 e. The third-order valence-electron chi connectivity index (χ3n) is 6.69. The molecule has 2 aliphatic rings. The van der Waals surface area contributed by atoms with Crippen molar-refractivity contribution in [2.45, 2.75) is 24.7 Å². The monoisotopic (exact) mass is 484 g/mol. The maximum atomic E-state index is 13.4. The molecule has 1 aliphatic heterocycles. The van der Waals surface area contributed by atoms with Gasteiger partial charge in [0.25, 0.3) is 5.91 Å². The molecule has 0 radical (unpaired) electrons. The van der Waals surface area contributed by atoms with Gasteiger partial charge in [-0.05, 0) is 53.1 Å². The van der Waals surface area contributed by atoms with Gasteiger partial charge < -0.3 is 10.1 Å². The van der Waals surface area contributed by atoms with E-state index in [4.69, 9.17) is 4.74 Å². The van der Waals surface area contributed by atoms with Crippen LogP contribution in [0.1, 0.15) is 16.7 Å². The van der Waals surface area contributed by atoms with Gasteiger partial charge in [-0.2, -0.15) is 0 Å². The predicted octanol–water partition coefficient (Wildman–Crippen LogP) is 4.67. The van der Waals surface area contributed by atoms with Crippen molar-refractivity contribution in [2.24, 2.45) is 0 Å². The summed E-state index contributed by atoms with van der Waals surface area (Å²) in [5, 5.41) is 5.20. The van der Waals surface area contributed by atoms with Crippen LogP contribution in [0.15, 0.2) is 84.9 Å². The first kappa shape index (κ1) is 21.7. The average Bonchev–Trinajstić information content (AvgIpc) is 3.30. The van der Waals surface area contributed by atoms with Crippen LogP contribution in [0.25, 0.3) is 10.8 Å². The highest BCUT2D eigenvalue weighted by molar-refractivity contribution is 7.92. The Balaban J connectivity index is 1.31. The molecule has 0 unspecified atom stereocenters. The normalized spacial score (nSPS) is 16.6. The fourth-order valence-electron chi connectivity index (χ4n) is 5.03. The number of carbonyl (C=O) groups excluding carboxylic acids is 1. The number of anilines is 2. The Kier molecular flexibility index (Phi) is 5.22. The molecule has 4 aromatic carbocycles. The number of benzene rings is 4. The van der Waals surface area contributed by atoms with Crippen LogP contribution in [0.4, 0.5) is 11.4 Å². The summed E-state index contributed by atoms with van der Waals surface area (Å²) in [6.07, 6.45) is 1.01. The lowest BCUT2D eigenvalue weighted by atomic mass is 10.0. The summed E-state index contributed by atoms with van der Waals surface area (Å²) >= 11 is 0. The van der Waals surface area contributed by atoms with Crippen LogP contribution in [0.5, 0.6) is 5.75 Å². The fraction of sp³-hybridized carbons (Fsp3) is 0.179. The van der Waals surface area contributed by atoms with Gasteiger partial charge >= 0.3 is 0 Å². The van der Waals surface area contributed by atoms with Crippen molar-refractivity contribution in [1.29, 1.82) is 0 Å². The molecule has 6 rings (SSSR count). The first-order valence-corrected chi connectivity index (χ1v) is 13.2. The molecule has 0 bridgehead atoms. The maximum Gasteiger partial charge on any atom is 0.267 e. The van der Waals surface area contributed by atoms with Gasteiger partial charge in [-0.3, -0.25) is 9.10 Å². The van der Waals surface area contributed by atoms with E-state index in [2.05, 4.69) is 17.4 Å². The van der Waals surface area contributed by atoms with E-state index in [9.17, 15) is 13.2 Å². The second kappa shape index (κ2) is 8.43. The number of hydrogen-bond donors (Lipinski definition) is 1. The summed E-state index contributed by atoms with van der Waals surface area (Å²) in [7, 11) is -3.75. The predicted molar refractivity (Wildman–Crippen MR) is 137 cm³/mol. The van der Waals surface area contributed by atoms with Crippen molar-refractivity contribution in [3.05, 3.63) is 102 Å². The maximum absolute atomic E-state index is 13.4. The van der Waals surface area contributed by atoms with Crippen molar-refractivity contribution >= 4 is 38.1 Å². The van der Waals surface area contributed by atoms with Crippen LogP contribution in [0.3, 0.4) is 0 Å². The van der Waals surface area contributed by atoms with E-state index in [1.807, 2.05) is 36.4 Å². The smallest absolute Gasteiger partial charge is 0.267 e. The highest BCUT2D eigenvalue weighted by Gasteiger charge is 2.37. The van der Waals surface area contributed by atoms with Crippen LogP contribution in [-0.4, -0.2) is 27.0 Å². The minimum absolute atomic E-state index is 0.0979. The van der Waals surface area contributed by atoms with E-state index in [-0.39, 0.29) is 18.2 Å². The molecule has 1 N–H and O–H groups in total. The molecule has 35 heavy (non-hydrogen) atoms. The number of para-hydroxylation sites is 2. The number of ether oxygens (including phenoxy) is 1. The molecule has 4 aromatic rings. The lowest BCUT2D eigenvalue weighted by molar-refractivity contribution is -0.122. The molecule has 1 atom stereocenters. The van der Waals surface area contributed by atoms with E-state index in [0.717, 1.165) is 18.2 Å². The third-order valence-corrected chi connectivity index (χ3v) is 8.41. The second-order valence-electron chi connectivity index (χ2n) is 8.95. The highest BCUT2D eigenvalue weighted by atomic mass is 32.2. The number of nitrogens with zero attached hydrogens (tertiary/aromatic N) is 1. The Morgan fingerprint density at radius 3 is 2.46 bits per heavy atom. The first-order valence-electron chi connectivity index (χ1n) is 11.6. The summed E-state index contributed by atoms with van der Waals surface area (Å²) in [5.74, 6) is -0.167. The zero-order chi connectivity index (χ0) is 24.0. The lowest BCUT2D eigenvalue weighted by Crippen LogP contribution is -2.49. The van der Waals surface area contributed by atoms with Gasteiger partial charge in [0.1, 0.15) is 5.75 Å². The van der Waals surface area contributed by atoms with Crippen molar-refractivity contribution < 1.29 is 17.9 Å². The summed E-state index contributed by atoms with van der Waals surface area (Å²) in [5.41, 5.74) is 4.41. The van der Waals surface area contributed by atoms with Crippen molar-refractivity contribution in [2.75, 3.05) is 16.2 Å². The number of hydrogen-bond acceptors (Lipinski definition) is 4. The number of amides is 1. The van der Waals surface area contributed by atoms with Crippen LogP contribution >= 0.6 is 0 Å². The standard InChI is InChI=1S/C28H24N2O4S/c31-28(29-23-16-15-21-14-13-20-9-6-10-22(23)27(20)21)26-17-30(24-11-4-5-12-25(24)34-26)35(32,33)18-19-7-2-1-3-8-19/h1-12,15-16,26H,13-14,17-18H2,(H,29,31)/t26-/m0/s1. The molecular formula is C28H24N2O4S. The van der Waals surface area contributed by atoms with E-state index in [1.54, 1.807) is 36.4 Å². The average molecular weight is 485 g/mol. The summed E-state index contributed by atoms with van der Waals surface area (Å²) in [6, 6.07) is 26.1. The molecule has 0 saturated carbocycles. The van der Waals surface area contributed by atoms with Crippen LogP contribution in [-0.2, 0) is 33.4 Å². The molecule has 176 valence electrons. The molecular weight excluding hydrogens is 460 g/mol. The third kappa shape index (κ3) is 3.91. The number of carbonyl (C=O) groups is 1. The minimum atomic E-state index is -3.75. The van der Waals surface area contributed by atoms with E-state index >= 15 is 0 Å². The van der Waals surface area contributed by atoms with E-state index in [0.29, 0.717) is 22.7 Å². The van der Waals surface area contributed by atoms with Crippen LogP contribution in [0.2, 0.25) is 0 Å². The Hall–Kier alpha value is -3.84. The van der Waals surface area contributed by atoms with Gasteiger partial charge in [0, 0.05) is 11.1 Å². The van der Waals surface area contributed by atoms with Gasteiger partial charge in [-0.1, -0.05) is 66.7 Å². The first-order chi connectivity index (χ1) is 17.0. The zero-order valence-corrected chi connectivity index (χ0v) is 19.8. The van der Waals surface area contributed by atoms with Crippen molar-refractivity contribution in [3.8, 4) is 5.75 Å². The van der Waals surface area contributed by atoms with Crippen LogP contribution in [0, 0.1) is 0 Å². The molecule has 1 aliphatic carbocycles. The topological polar surface area (TPSA) is 75.7 Å². The fourth-order valence-corrected chi connectivity index (χ4v) is 6.62. The molecule has 6 nitrogen and oxygen atoms in total. The number of nitrogens with one attached hydrogen (secondary N) is 1. The number of aryl methyl sites for hydroxylation is 2. The van der Waals surface area contributed by atoms with Crippen molar-refractivity contribution in [1.82, 2.24) is 0 Å². The number of rotatable bonds is 5. The molecule has 0 spiro atoms. The van der Waals surface area contributed by atoms with Crippen LogP contribution < -0.4 is 14.4 Å². The van der Waals surface area contributed by atoms with Gasteiger partial charge in [0.2, 0.25) is 10.0 Å². The summed E-state index contributed by atoms with van der Waals surface area (Å²) in [4.78, 5) is 13.4. The van der Waals surface area contributed by atoms with E-state index in [1.165, 1.54) is 20.8 Å². The molecule has 7 heteroatoms. The number of fused-ring (bicyclic) bond motifs is 1. The Morgan fingerprint density at radius 2 is 1.63 bits per heavy atom. The Morgan fingerprint density at radius 1 is 0.886 bits per heavy atom. The second-order valence-corrected chi connectivity index (χ2v) is 10.8.